The molecule has 4 heteroatoms. The van der Waals surface area contributed by atoms with Gasteiger partial charge in [0.25, 0.3) is 0 Å². The van der Waals surface area contributed by atoms with E-state index in [1.54, 1.807) is 6.20 Å². The molecular formula is C20H21N3O. The number of hydrogen-bond donors (Lipinski definition) is 2. The number of carbonyl (C=O) groups excluding carboxylic acids is 1. The van der Waals surface area contributed by atoms with E-state index >= 15 is 0 Å². The lowest BCUT2D eigenvalue weighted by Gasteiger charge is -2.08. The van der Waals surface area contributed by atoms with E-state index in [4.69, 9.17) is 0 Å². The Bertz CT molecular complexity index is 797. The van der Waals surface area contributed by atoms with Crippen molar-refractivity contribution >= 4 is 22.5 Å². The molecule has 122 valence electrons. The van der Waals surface area contributed by atoms with E-state index in [1.165, 1.54) is 5.56 Å². The zero-order valence-electron chi connectivity index (χ0n) is 13.5. The quantitative estimate of drug-likeness (QED) is 0.656. The van der Waals surface area contributed by atoms with E-state index < -0.39 is 0 Å². The molecule has 0 radical (unpaired) electrons. The third-order valence-electron chi connectivity index (χ3n) is 3.87. The number of benzene rings is 2. The van der Waals surface area contributed by atoms with Gasteiger partial charge in [-0.1, -0.05) is 48.5 Å². The standard InChI is InChI=1S/C20H21N3O/c24-19(12-15-21-14-11-16-6-2-1-3-7-16)23-18-10-4-8-17-9-5-13-22-20(17)18/h1-10,13,21H,11-12,14-15H2,(H,23,24). The summed E-state index contributed by atoms with van der Waals surface area (Å²) in [6, 6.07) is 20.0. The van der Waals surface area contributed by atoms with E-state index in [0.717, 1.165) is 29.6 Å². The lowest BCUT2D eigenvalue weighted by Crippen LogP contribution is -2.23. The van der Waals surface area contributed by atoms with Gasteiger partial charge in [-0.2, -0.15) is 0 Å². The number of nitrogens with one attached hydrogen (secondary N) is 2. The molecule has 1 amide bonds. The van der Waals surface area contributed by atoms with Crippen LogP contribution in [0.25, 0.3) is 10.9 Å². The van der Waals surface area contributed by atoms with Crippen molar-refractivity contribution < 1.29 is 4.79 Å². The molecular weight excluding hydrogens is 298 g/mol. The van der Waals surface area contributed by atoms with Crippen molar-refractivity contribution in [3.63, 3.8) is 0 Å². The summed E-state index contributed by atoms with van der Waals surface area (Å²) >= 11 is 0. The Hall–Kier alpha value is -2.72. The molecule has 0 bridgehead atoms. The zero-order valence-corrected chi connectivity index (χ0v) is 13.5. The number of para-hydroxylation sites is 1. The molecule has 0 saturated carbocycles. The minimum Gasteiger partial charge on any atom is -0.324 e. The number of carbonyl (C=O) groups is 1. The number of aromatic nitrogens is 1. The van der Waals surface area contributed by atoms with Gasteiger partial charge >= 0.3 is 0 Å². The van der Waals surface area contributed by atoms with E-state index in [1.807, 2.05) is 48.5 Å². The van der Waals surface area contributed by atoms with E-state index in [-0.39, 0.29) is 5.91 Å². The fraction of sp³-hybridized carbons (Fsp3) is 0.200. The van der Waals surface area contributed by atoms with Crippen molar-refractivity contribution in [1.29, 1.82) is 0 Å². The van der Waals surface area contributed by atoms with Gasteiger partial charge in [-0.25, -0.2) is 0 Å². The number of anilines is 1. The molecule has 2 N–H and O–H groups in total. The zero-order chi connectivity index (χ0) is 16.6. The van der Waals surface area contributed by atoms with Gasteiger partial charge < -0.3 is 10.6 Å². The summed E-state index contributed by atoms with van der Waals surface area (Å²) in [5.41, 5.74) is 2.89. The minimum atomic E-state index is 0.000337. The molecule has 0 spiro atoms. The molecule has 4 nitrogen and oxygen atoms in total. The molecule has 0 fully saturated rings. The maximum atomic E-state index is 12.1. The normalized spacial score (nSPS) is 10.7. The Morgan fingerprint density at radius 3 is 2.62 bits per heavy atom. The maximum absolute atomic E-state index is 12.1. The molecule has 1 heterocycles. The number of fused-ring (bicyclic) bond motifs is 1. The van der Waals surface area contributed by atoms with Crippen LogP contribution in [0.5, 0.6) is 0 Å². The highest BCUT2D eigenvalue weighted by molar-refractivity contribution is 6.00. The molecule has 2 aromatic carbocycles. The molecule has 0 aliphatic rings. The second kappa shape index (κ2) is 8.22. The Kier molecular flexibility index (Phi) is 5.53. The molecule has 0 atom stereocenters. The summed E-state index contributed by atoms with van der Waals surface area (Å²) in [4.78, 5) is 16.5. The Labute approximate surface area is 141 Å². The van der Waals surface area contributed by atoms with Crippen molar-refractivity contribution in [3.8, 4) is 0 Å². The van der Waals surface area contributed by atoms with Gasteiger partial charge in [-0.15, -0.1) is 0 Å². The lowest BCUT2D eigenvalue weighted by molar-refractivity contribution is -0.116. The molecule has 0 aliphatic carbocycles. The van der Waals surface area contributed by atoms with Gasteiger partial charge in [0.1, 0.15) is 0 Å². The molecule has 3 aromatic rings. The second-order valence-electron chi connectivity index (χ2n) is 5.66. The first kappa shape index (κ1) is 16.1. The van der Waals surface area contributed by atoms with Crippen LogP contribution in [0.15, 0.2) is 66.9 Å². The lowest BCUT2D eigenvalue weighted by atomic mass is 10.1. The van der Waals surface area contributed by atoms with Gasteiger partial charge in [0.15, 0.2) is 0 Å². The van der Waals surface area contributed by atoms with Crippen LogP contribution in [0, 0.1) is 0 Å². The van der Waals surface area contributed by atoms with Crippen molar-refractivity contribution in [2.24, 2.45) is 0 Å². The SMILES string of the molecule is O=C(CCNCCc1ccccc1)Nc1cccc2cccnc12. The summed E-state index contributed by atoms with van der Waals surface area (Å²) in [6.45, 7) is 1.53. The molecule has 24 heavy (non-hydrogen) atoms. The highest BCUT2D eigenvalue weighted by atomic mass is 16.1. The van der Waals surface area contributed by atoms with Gasteiger partial charge in [-0.05, 0) is 30.7 Å². The summed E-state index contributed by atoms with van der Waals surface area (Å²) in [6.07, 6.45) is 3.15. The third-order valence-corrected chi connectivity index (χ3v) is 3.87. The fourth-order valence-electron chi connectivity index (χ4n) is 2.62. The first-order valence-corrected chi connectivity index (χ1v) is 8.21. The largest absolute Gasteiger partial charge is 0.324 e. The molecule has 0 saturated heterocycles. The van der Waals surface area contributed by atoms with Crippen LogP contribution < -0.4 is 10.6 Å². The second-order valence-corrected chi connectivity index (χ2v) is 5.66. The van der Waals surface area contributed by atoms with Crippen LogP contribution >= 0.6 is 0 Å². The number of pyridine rings is 1. The van der Waals surface area contributed by atoms with Crippen molar-refractivity contribution in [3.05, 3.63) is 72.4 Å². The fourth-order valence-corrected chi connectivity index (χ4v) is 2.62. The van der Waals surface area contributed by atoms with Gasteiger partial charge in [0, 0.05) is 24.5 Å². The average Bonchev–Trinajstić information content (AvgIpc) is 2.63. The highest BCUT2D eigenvalue weighted by Crippen LogP contribution is 2.20. The van der Waals surface area contributed by atoms with Gasteiger partial charge in [0.05, 0.1) is 11.2 Å². The predicted molar refractivity (Wildman–Crippen MR) is 98.0 cm³/mol. The van der Waals surface area contributed by atoms with Gasteiger partial charge in [-0.3, -0.25) is 9.78 Å². The maximum Gasteiger partial charge on any atom is 0.225 e. The summed E-state index contributed by atoms with van der Waals surface area (Å²) < 4.78 is 0. The van der Waals surface area contributed by atoms with E-state index in [0.29, 0.717) is 13.0 Å². The third kappa shape index (κ3) is 4.40. The summed E-state index contributed by atoms with van der Waals surface area (Å²) in [5.74, 6) is 0.000337. The van der Waals surface area contributed by atoms with E-state index in [2.05, 4.69) is 27.8 Å². The van der Waals surface area contributed by atoms with Crippen LogP contribution in [0.1, 0.15) is 12.0 Å². The number of nitrogens with zero attached hydrogens (tertiary/aromatic N) is 1. The number of amides is 1. The van der Waals surface area contributed by atoms with Gasteiger partial charge in [0.2, 0.25) is 5.91 Å². The Balaban J connectivity index is 1.44. The van der Waals surface area contributed by atoms with Crippen LogP contribution in [-0.4, -0.2) is 24.0 Å². The predicted octanol–water partition coefficient (Wildman–Crippen LogP) is 3.40. The van der Waals surface area contributed by atoms with Crippen molar-refractivity contribution in [2.45, 2.75) is 12.8 Å². The molecule has 3 rings (SSSR count). The monoisotopic (exact) mass is 319 g/mol. The van der Waals surface area contributed by atoms with Crippen LogP contribution in [0.2, 0.25) is 0 Å². The summed E-state index contributed by atoms with van der Waals surface area (Å²) in [7, 11) is 0. The van der Waals surface area contributed by atoms with Crippen LogP contribution in [0.3, 0.4) is 0 Å². The number of rotatable bonds is 7. The molecule has 1 aromatic heterocycles. The van der Waals surface area contributed by atoms with Crippen molar-refractivity contribution in [2.75, 3.05) is 18.4 Å². The first-order chi connectivity index (χ1) is 11.8. The van der Waals surface area contributed by atoms with Crippen LogP contribution in [0.4, 0.5) is 5.69 Å². The topological polar surface area (TPSA) is 54.0 Å². The summed E-state index contributed by atoms with van der Waals surface area (Å²) in [5, 5.41) is 7.29. The Morgan fingerprint density at radius 2 is 1.75 bits per heavy atom. The molecule has 0 unspecified atom stereocenters. The first-order valence-electron chi connectivity index (χ1n) is 8.21. The van der Waals surface area contributed by atoms with Crippen LogP contribution in [-0.2, 0) is 11.2 Å². The van der Waals surface area contributed by atoms with Crippen molar-refractivity contribution in [1.82, 2.24) is 10.3 Å². The number of hydrogen-bond acceptors (Lipinski definition) is 3. The molecule has 0 aliphatic heterocycles. The Morgan fingerprint density at radius 1 is 0.917 bits per heavy atom. The highest BCUT2D eigenvalue weighted by Gasteiger charge is 2.06. The van der Waals surface area contributed by atoms with E-state index in [9.17, 15) is 4.79 Å². The minimum absolute atomic E-state index is 0.000337. The average molecular weight is 319 g/mol. The smallest absolute Gasteiger partial charge is 0.225 e.